The van der Waals surface area contributed by atoms with Gasteiger partial charge in [0, 0.05) is 18.0 Å². The number of fused-ring (bicyclic) bond motifs is 1. The van der Waals surface area contributed by atoms with Gasteiger partial charge in [-0.2, -0.15) is 0 Å². The number of carbonyl (C=O) groups excluding carboxylic acids is 1. The van der Waals surface area contributed by atoms with E-state index in [4.69, 9.17) is 9.15 Å². The number of unbranched alkanes of at least 4 members (excludes halogenated alkanes) is 1. The Labute approximate surface area is 178 Å². The lowest BCUT2D eigenvalue weighted by molar-refractivity contribution is 0.110. The van der Waals surface area contributed by atoms with Crippen LogP contribution in [0.25, 0.3) is 22.3 Å². The summed E-state index contributed by atoms with van der Waals surface area (Å²) in [5.74, 6) is 0.852. The lowest BCUT2D eigenvalue weighted by atomic mass is 9.72. The molecule has 0 aliphatic heterocycles. The smallest absolute Gasteiger partial charge is 0.407 e. The molecule has 4 rings (SSSR count). The highest BCUT2D eigenvalue weighted by molar-refractivity contribution is 14.1. The van der Waals surface area contributed by atoms with Crippen LogP contribution >= 0.6 is 22.6 Å². The van der Waals surface area contributed by atoms with E-state index in [1.807, 2.05) is 12.3 Å². The van der Waals surface area contributed by atoms with Crippen molar-refractivity contribution < 1.29 is 13.9 Å². The number of aromatic nitrogens is 1. The third-order valence-corrected chi connectivity index (χ3v) is 6.48. The van der Waals surface area contributed by atoms with Crippen LogP contribution in [0, 0.1) is 3.57 Å². The number of benzene rings is 1. The van der Waals surface area contributed by atoms with Gasteiger partial charge in [-0.1, -0.05) is 37.6 Å². The molecular formula is C22H23IN2O3. The number of furan rings is 1. The summed E-state index contributed by atoms with van der Waals surface area (Å²) in [5.41, 5.74) is 2.66. The first kappa shape index (κ1) is 19.2. The van der Waals surface area contributed by atoms with Crippen molar-refractivity contribution in [2.75, 3.05) is 6.61 Å². The molecule has 0 bridgehead atoms. The Morgan fingerprint density at radius 3 is 2.71 bits per heavy atom. The molecule has 0 saturated heterocycles. The minimum Gasteiger partial charge on any atom is -0.455 e. The molecule has 1 aliphatic carbocycles. The zero-order valence-electron chi connectivity index (χ0n) is 15.8. The fraction of sp³-hybridized carbons (Fsp3) is 0.364. The number of nitrogens with one attached hydrogen (secondary N) is 1. The van der Waals surface area contributed by atoms with Crippen molar-refractivity contribution in [1.29, 1.82) is 0 Å². The largest absolute Gasteiger partial charge is 0.455 e. The second-order valence-electron chi connectivity index (χ2n) is 7.24. The quantitative estimate of drug-likeness (QED) is 0.340. The fourth-order valence-electron chi connectivity index (χ4n) is 3.60. The molecule has 28 heavy (non-hydrogen) atoms. The van der Waals surface area contributed by atoms with Gasteiger partial charge in [-0.15, -0.1) is 0 Å². The highest BCUT2D eigenvalue weighted by atomic mass is 127. The van der Waals surface area contributed by atoms with Gasteiger partial charge in [0.2, 0.25) is 0 Å². The zero-order valence-corrected chi connectivity index (χ0v) is 18.0. The number of hydrogen-bond donors (Lipinski definition) is 1. The first-order valence-electron chi connectivity index (χ1n) is 9.71. The number of ether oxygens (including phenoxy) is 1. The van der Waals surface area contributed by atoms with Gasteiger partial charge in [-0.05, 0) is 59.9 Å². The van der Waals surface area contributed by atoms with Crippen LogP contribution in [0.2, 0.25) is 0 Å². The molecule has 2 heterocycles. The van der Waals surface area contributed by atoms with Gasteiger partial charge < -0.3 is 14.5 Å². The zero-order chi connectivity index (χ0) is 19.6. The Balaban J connectivity index is 1.54. The van der Waals surface area contributed by atoms with E-state index < -0.39 is 0 Å². The van der Waals surface area contributed by atoms with Crippen LogP contribution in [-0.2, 0) is 10.3 Å². The van der Waals surface area contributed by atoms with Gasteiger partial charge >= 0.3 is 6.09 Å². The standard InChI is InChI=1S/C22H23IN2O3/c1-2-3-13-27-21(26)25-22(10-4-11-22)16-7-5-15(6-8-16)20-19(23)17-14-24-12-9-18(17)28-20/h5-9,12,14H,2-4,10-11,13H2,1H3,(H,25,26). The summed E-state index contributed by atoms with van der Waals surface area (Å²) in [7, 11) is 0. The average Bonchev–Trinajstić information content (AvgIpc) is 3.02. The maximum Gasteiger partial charge on any atom is 0.407 e. The van der Waals surface area contributed by atoms with E-state index in [1.54, 1.807) is 6.20 Å². The Bertz CT molecular complexity index is 977. The van der Waals surface area contributed by atoms with E-state index >= 15 is 0 Å². The lowest BCUT2D eigenvalue weighted by Crippen LogP contribution is -2.51. The first-order chi connectivity index (χ1) is 13.6. The molecule has 1 fully saturated rings. The summed E-state index contributed by atoms with van der Waals surface area (Å²) in [6, 6.07) is 10.2. The molecule has 1 N–H and O–H groups in total. The minimum absolute atomic E-state index is 0.313. The third-order valence-electron chi connectivity index (χ3n) is 5.41. The molecule has 0 unspecified atom stereocenters. The summed E-state index contributed by atoms with van der Waals surface area (Å²) in [6.07, 6.45) is 8.11. The minimum atomic E-state index is -0.323. The van der Waals surface area contributed by atoms with Gasteiger partial charge in [0.15, 0.2) is 0 Å². The number of rotatable bonds is 6. The van der Waals surface area contributed by atoms with Crippen LogP contribution in [0.15, 0.2) is 47.1 Å². The average molecular weight is 490 g/mol. The summed E-state index contributed by atoms with van der Waals surface area (Å²) in [6.45, 7) is 2.55. The van der Waals surface area contributed by atoms with Crippen LogP contribution in [0.3, 0.4) is 0 Å². The van der Waals surface area contributed by atoms with Crippen LogP contribution in [0.5, 0.6) is 0 Å². The van der Waals surface area contributed by atoms with E-state index in [0.29, 0.717) is 6.61 Å². The van der Waals surface area contributed by atoms with Crippen molar-refractivity contribution in [3.63, 3.8) is 0 Å². The van der Waals surface area contributed by atoms with E-state index in [-0.39, 0.29) is 11.6 Å². The summed E-state index contributed by atoms with van der Waals surface area (Å²) in [4.78, 5) is 16.4. The molecule has 1 aliphatic rings. The van der Waals surface area contributed by atoms with Crippen LogP contribution < -0.4 is 5.32 Å². The van der Waals surface area contributed by atoms with Crippen molar-refractivity contribution in [3.8, 4) is 11.3 Å². The normalized spacial score (nSPS) is 15.2. The molecule has 0 radical (unpaired) electrons. The number of halogens is 1. The van der Waals surface area contributed by atoms with Crippen LogP contribution in [-0.4, -0.2) is 17.7 Å². The number of hydrogen-bond acceptors (Lipinski definition) is 4. The van der Waals surface area contributed by atoms with Gasteiger partial charge in [-0.25, -0.2) is 4.79 Å². The predicted octanol–water partition coefficient (Wildman–Crippen LogP) is 6.00. The number of amides is 1. The Morgan fingerprint density at radius 1 is 1.29 bits per heavy atom. The van der Waals surface area contributed by atoms with Crippen molar-refractivity contribution in [2.45, 2.75) is 44.6 Å². The van der Waals surface area contributed by atoms with Gasteiger partial charge in [0.05, 0.1) is 21.1 Å². The van der Waals surface area contributed by atoms with Crippen molar-refractivity contribution >= 4 is 39.7 Å². The molecule has 2 aromatic heterocycles. The van der Waals surface area contributed by atoms with E-state index in [2.05, 4.69) is 64.1 Å². The maximum atomic E-state index is 12.2. The molecule has 5 nitrogen and oxygen atoms in total. The Hall–Kier alpha value is -2.09. The topological polar surface area (TPSA) is 64.4 Å². The summed E-state index contributed by atoms with van der Waals surface area (Å²) < 4.78 is 12.4. The SMILES string of the molecule is CCCCOC(=O)NC1(c2ccc(-c3oc4ccncc4c3I)cc2)CCC1. The Morgan fingerprint density at radius 2 is 2.07 bits per heavy atom. The number of alkyl carbamates (subject to hydrolysis) is 1. The van der Waals surface area contributed by atoms with E-state index in [1.165, 1.54) is 0 Å². The van der Waals surface area contributed by atoms with Crippen LogP contribution in [0.1, 0.15) is 44.6 Å². The van der Waals surface area contributed by atoms with Gasteiger partial charge in [-0.3, -0.25) is 4.98 Å². The molecule has 1 amide bonds. The van der Waals surface area contributed by atoms with E-state index in [9.17, 15) is 4.79 Å². The molecule has 6 heteroatoms. The second kappa shape index (κ2) is 8.11. The molecule has 0 spiro atoms. The maximum absolute atomic E-state index is 12.2. The molecule has 1 saturated carbocycles. The highest BCUT2D eigenvalue weighted by Crippen LogP contribution is 2.42. The van der Waals surface area contributed by atoms with Gasteiger partial charge in [0.1, 0.15) is 11.3 Å². The lowest BCUT2D eigenvalue weighted by Gasteiger charge is -2.42. The third kappa shape index (κ3) is 3.62. The number of nitrogens with zero attached hydrogens (tertiary/aromatic N) is 1. The predicted molar refractivity (Wildman–Crippen MR) is 117 cm³/mol. The fourth-order valence-corrected chi connectivity index (χ4v) is 4.42. The first-order valence-corrected chi connectivity index (χ1v) is 10.8. The van der Waals surface area contributed by atoms with Crippen LogP contribution in [0.4, 0.5) is 4.79 Å². The van der Waals surface area contributed by atoms with Crippen molar-refractivity contribution in [2.24, 2.45) is 0 Å². The summed E-state index contributed by atoms with van der Waals surface area (Å²) in [5, 5.41) is 4.13. The number of carbonyl (C=O) groups is 1. The van der Waals surface area contributed by atoms with Crippen molar-refractivity contribution in [3.05, 3.63) is 51.9 Å². The molecule has 146 valence electrons. The van der Waals surface area contributed by atoms with E-state index in [0.717, 1.165) is 63.5 Å². The summed E-state index contributed by atoms with van der Waals surface area (Å²) >= 11 is 2.31. The number of pyridine rings is 1. The second-order valence-corrected chi connectivity index (χ2v) is 8.32. The van der Waals surface area contributed by atoms with Crippen molar-refractivity contribution in [1.82, 2.24) is 10.3 Å². The molecule has 3 aromatic rings. The monoisotopic (exact) mass is 490 g/mol. The Kier molecular flexibility index (Phi) is 5.57. The highest BCUT2D eigenvalue weighted by Gasteiger charge is 2.40. The molecule has 1 aromatic carbocycles. The molecular weight excluding hydrogens is 467 g/mol. The molecule has 0 atom stereocenters. The van der Waals surface area contributed by atoms with Gasteiger partial charge in [0.25, 0.3) is 0 Å².